The lowest BCUT2D eigenvalue weighted by Crippen LogP contribution is -2.49. The molecular formula is C20H22ClN3O2. The molecule has 26 heavy (non-hydrogen) atoms. The maximum Gasteiger partial charge on any atom is 0.233 e. The summed E-state index contributed by atoms with van der Waals surface area (Å²) < 4.78 is 0. The Labute approximate surface area is 158 Å². The molecule has 3 rings (SSSR count). The van der Waals surface area contributed by atoms with Crippen molar-refractivity contribution in [3.05, 3.63) is 59.1 Å². The number of hydrogen-bond donors (Lipinski definition) is 1. The molecule has 2 aromatic rings. The highest BCUT2D eigenvalue weighted by Crippen LogP contribution is 2.21. The van der Waals surface area contributed by atoms with Crippen LogP contribution in [0.3, 0.4) is 0 Å². The van der Waals surface area contributed by atoms with Crippen LogP contribution < -0.4 is 10.2 Å². The molecule has 136 valence electrons. The summed E-state index contributed by atoms with van der Waals surface area (Å²) in [6, 6.07) is 15.2. The molecule has 0 bridgehead atoms. The van der Waals surface area contributed by atoms with Crippen LogP contribution in [0.25, 0.3) is 0 Å². The predicted octanol–water partition coefficient (Wildman–Crippen LogP) is 3.33. The lowest BCUT2D eigenvalue weighted by molar-refractivity contribution is -0.134. The monoisotopic (exact) mass is 371 g/mol. The van der Waals surface area contributed by atoms with Crippen molar-refractivity contribution in [2.75, 3.05) is 36.4 Å². The first-order chi connectivity index (χ1) is 12.5. The number of rotatable bonds is 4. The van der Waals surface area contributed by atoms with Crippen molar-refractivity contribution in [2.24, 2.45) is 0 Å². The fourth-order valence-electron chi connectivity index (χ4n) is 2.98. The molecule has 0 saturated carbocycles. The van der Waals surface area contributed by atoms with Gasteiger partial charge in [0.2, 0.25) is 11.8 Å². The largest absolute Gasteiger partial charge is 0.368 e. The molecule has 0 aromatic heterocycles. The van der Waals surface area contributed by atoms with E-state index in [0.717, 1.165) is 24.3 Å². The van der Waals surface area contributed by atoms with E-state index in [4.69, 9.17) is 11.6 Å². The van der Waals surface area contributed by atoms with Gasteiger partial charge < -0.3 is 15.1 Å². The molecule has 1 N–H and O–H groups in total. The molecule has 6 heteroatoms. The summed E-state index contributed by atoms with van der Waals surface area (Å²) in [6.07, 6.45) is -0.134. The first kappa shape index (κ1) is 18.3. The minimum absolute atomic E-state index is 0.134. The Morgan fingerprint density at radius 3 is 2.38 bits per heavy atom. The Morgan fingerprint density at radius 2 is 1.73 bits per heavy atom. The van der Waals surface area contributed by atoms with Crippen molar-refractivity contribution < 1.29 is 9.59 Å². The zero-order valence-corrected chi connectivity index (χ0v) is 15.5. The van der Waals surface area contributed by atoms with Crippen molar-refractivity contribution in [3.8, 4) is 0 Å². The number of nitrogens with zero attached hydrogens (tertiary/aromatic N) is 2. The van der Waals surface area contributed by atoms with Crippen LogP contribution in [0.2, 0.25) is 5.02 Å². The highest BCUT2D eigenvalue weighted by molar-refractivity contribution is 6.30. The number of benzene rings is 2. The average Bonchev–Trinajstić information content (AvgIpc) is 2.64. The maximum atomic E-state index is 12.4. The molecule has 0 aliphatic carbocycles. The van der Waals surface area contributed by atoms with Crippen molar-refractivity contribution in [3.63, 3.8) is 0 Å². The van der Waals surface area contributed by atoms with Gasteiger partial charge in [0.1, 0.15) is 6.42 Å². The van der Waals surface area contributed by atoms with E-state index in [2.05, 4.69) is 10.2 Å². The highest BCUT2D eigenvalue weighted by atomic mass is 35.5. The number of anilines is 2. The number of carbonyl (C=O) groups excluding carboxylic acids is 2. The van der Waals surface area contributed by atoms with E-state index in [9.17, 15) is 9.59 Å². The lowest BCUT2D eigenvalue weighted by Gasteiger charge is -2.36. The summed E-state index contributed by atoms with van der Waals surface area (Å²) in [5.74, 6) is -0.420. The Balaban J connectivity index is 1.48. The molecule has 2 amide bonds. The number of piperazine rings is 1. The number of nitrogens with one attached hydrogen (secondary N) is 1. The van der Waals surface area contributed by atoms with Gasteiger partial charge in [0.15, 0.2) is 0 Å². The predicted molar refractivity (Wildman–Crippen MR) is 105 cm³/mol. The zero-order chi connectivity index (χ0) is 18.5. The second-order valence-electron chi connectivity index (χ2n) is 6.44. The van der Waals surface area contributed by atoms with Gasteiger partial charge in [0.25, 0.3) is 0 Å². The molecule has 1 aliphatic rings. The minimum Gasteiger partial charge on any atom is -0.368 e. The van der Waals surface area contributed by atoms with Gasteiger partial charge in [-0.1, -0.05) is 35.4 Å². The van der Waals surface area contributed by atoms with Crippen LogP contribution in [0.5, 0.6) is 0 Å². The topological polar surface area (TPSA) is 52.7 Å². The first-order valence-electron chi connectivity index (χ1n) is 8.66. The van der Waals surface area contributed by atoms with Gasteiger partial charge in [-0.25, -0.2) is 0 Å². The molecule has 2 aromatic carbocycles. The van der Waals surface area contributed by atoms with Gasteiger partial charge in [-0.15, -0.1) is 0 Å². The number of carbonyl (C=O) groups is 2. The molecule has 0 unspecified atom stereocenters. The van der Waals surface area contributed by atoms with Crippen LogP contribution in [-0.2, 0) is 9.59 Å². The van der Waals surface area contributed by atoms with Crippen LogP contribution in [-0.4, -0.2) is 42.9 Å². The van der Waals surface area contributed by atoms with Crippen LogP contribution >= 0.6 is 11.6 Å². The van der Waals surface area contributed by atoms with Gasteiger partial charge in [-0.2, -0.15) is 0 Å². The van der Waals surface area contributed by atoms with Gasteiger partial charge in [-0.3, -0.25) is 9.59 Å². The van der Waals surface area contributed by atoms with Crippen molar-refractivity contribution >= 4 is 34.8 Å². The summed E-state index contributed by atoms with van der Waals surface area (Å²) in [7, 11) is 0. The van der Waals surface area contributed by atoms with Crippen molar-refractivity contribution in [2.45, 2.75) is 13.3 Å². The number of halogens is 1. The standard InChI is InChI=1S/C20H22ClN3O2/c1-15-5-7-17(8-6-15)22-19(25)14-20(26)24-11-9-23(10-12-24)18-4-2-3-16(21)13-18/h2-8,13H,9-12,14H2,1H3,(H,22,25). The number of amides is 2. The molecule has 5 nitrogen and oxygen atoms in total. The van der Waals surface area contributed by atoms with Crippen molar-refractivity contribution in [1.82, 2.24) is 4.90 Å². The van der Waals surface area contributed by atoms with Gasteiger partial charge in [-0.05, 0) is 37.3 Å². The third kappa shape index (κ3) is 4.76. The Hall–Kier alpha value is -2.53. The summed E-state index contributed by atoms with van der Waals surface area (Å²) in [5, 5.41) is 3.47. The molecule has 0 spiro atoms. The maximum absolute atomic E-state index is 12.4. The zero-order valence-electron chi connectivity index (χ0n) is 14.7. The van der Waals surface area contributed by atoms with E-state index in [0.29, 0.717) is 23.8 Å². The fraction of sp³-hybridized carbons (Fsp3) is 0.300. The molecular weight excluding hydrogens is 350 g/mol. The van der Waals surface area contributed by atoms with Crippen LogP contribution in [0.4, 0.5) is 11.4 Å². The molecule has 1 fully saturated rings. The lowest BCUT2D eigenvalue weighted by atomic mass is 10.2. The van der Waals surface area contributed by atoms with Crippen LogP contribution in [0.15, 0.2) is 48.5 Å². The highest BCUT2D eigenvalue weighted by Gasteiger charge is 2.23. The summed E-state index contributed by atoms with van der Waals surface area (Å²) in [4.78, 5) is 28.4. The average molecular weight is 372 g/mol. The van der Waals surface area contributed by atoms with Gasteiger partial charge >= 0.3 is 0 Å². The summed E-state index contributed by atoms with van der Waals surface area (Å²) in [5.41, 5.74) is 2.89. The van der Waals surface area contributed by atoms with E-state index in [-0.39, 0.29) is 18.2 Å². The molecule has 0 atom stereocenters. The third-order valence-corrected chi connectivity index (χ3v) is 4.69. The molecule has 1 aliphatic heterocycles. The number of hydrogen-bond acceptors (Lipinski definition) is 3. The van der Waals surface area contributed by atoms with Gasteiger partial charge in [0.05, 0.1) is 0 Å². The SMILES string of the molecule is Cc1ccc(NC(=O)CC(=O)N2CCN(c3cccc(Cl)c3)CC2)cc1. The normalized spacial score (nSPS) is 14.2. The van der Waals surface area contributed by atoms with E-state index < -0.39 is 0 Å². The Morgan fingerprint density at radius 1 is 1.04 bits per heavy atom. The number of aryl methyl sites for hydroxylation is 1. The third-order valence-electron chi connectivity index (χ3n) is 4.45. The summed E-state index contributed by atoms with van der Waals surface area (Å²) in [6.45, 7) is 4.64. The van der Waals surface area contributed by atoms with E-state index >= 15 is 0 Å². The van der Waals surface area contributed by atoms with Gasteiger partial charge in [0, 0.05) is 42.6 Å². The minimum atomic E-state index is -0.281. The van der Waals surface area contributed by atoms with E-state index in [1.165, 1.54) is 0 Å². The second-order valence-corrected chi connectivity index (χ2v) is 6.88. The smallest absolute Gasteiger partial charge is 0.233 e. The Kier molecular flexibility index (Phi) is 5.78. The Bertz CT molecular complexity index is 784. The molecule has 0 radical (unpaired) electrons. The quantitative estimate of drug-likeness (QED) is 0.839. The van der Waals surface area contributed by atoms with Crippen LogP contribution in [0.1, 0.15) is 12.0 Å². The molecule has 1 heterocycles. The first-order valence-corrected chi connectivity index (χ1v) is 9.04. The van der Waals surface area contributed by atoms with Crippen LogP contribution in [0, 0.1) is 6.92 Å². The second kappa shape index (κ2) is 8.23. The van der Waals surface area contributed by atoms with E-state index in [1.54, 1.807) is 4.90 Å². The van der Waals surface area contributed by atoms with Crippen molar-refractivity contribution in [1.29, 1.82) is 0 Å². The van der Waals surface area contributed by atoms with E-state index in [1.807, 2.05) is 55.5 Å². The fourth-order valence-corrected chi connectivity index (χ4v) is 3.16. The molecule has 1 saturated heterocycles. The summed E-state index contributed by atoms with van der Waals surface area (Å²) >= 11 is 6.04.